The van der Waals surface area contributed by atoms with Crippen molar-refractivity contribution in [2.45, 2.75) is 6.04 Å². The smallest absolute Gasteiger partial charge is 0.251 e. The fourth-order valence-corrected chi connectivity index (χ4v) is 3.21. The average molecular weight is 443 g/mol. The van der Waals surface area contributed by atoms with Gasteiger partial charge in [-0.2, -0.15) is 0 Å². The van der Waals surface area contributed by atoms with Crippen LogP contribution >= 0.6 is 23.2 Å². The Morgan fingerprint density at radius 2 is 1.57 bits per heavy atom. The third-order valence-electron chi connectivity index (χ3n) is 4.48. The van der Waals surface area contributed by atoms with E-state index in [0.717, 1.165) is 16.9 Å². The molecule has 3 aromatic rings. The minimum atomic E-state index is -0.413. The predicted molar refractivity (Wildman–Crippen MR) is 118 cm³/mol. The first-order valence-electron chi connectivity index (χ1n) is 9.19. The van der Waals surface area contributed by atoms with Crippen LogP contribution in [0.4, 0.5) is 0 Å². The first kappa shape index (κ1) is 21.7. The summed E-state index contributed by atoms with van der Waals surface area (Å²) in [5.41, 5.74) is 2.14. The van der Waals surface area contributed by atoms with Crippen LogP contribution in [-0.2, 0) is 4.79 Å². The van der Waals surface area contributed by atoms with Crippen LogP contribution in [0.25, 0.3) is 0 Å². The molecule has 0 aromatic heterocycles. The molecule has 0 aliphatic carbocycles. The van der Waals surface area contributed by atoms with E-state index in [1.165, 1.54) is 12.1 Å². The third-order valence-corrected chi connectivity index (χ3v) is 5.22. The molecule has 0 saturated carbocycles. The molecule has 0 heterocycles. The maximum Gasteiger partial charge on any atom is 0.251 e. The highest BCUT2D eigenvalue weighted by Crippen LogP contribution is 2.24. The maximum atomic E-state index is 12.6. The number of halogens is 2. The van der Waals surface area contributed by atoms with E-state index in [2.05, 4.69) is 10.6 Å². The Balaban J connectivity index is 1.70. The summed E-state index contributed by atoms with van der Waals surface area (Å²) in [5, 5.41) is 6.20. The van der Waals surface area contributed by atoms with Crippen molar-refractivity contribution in [2.75, 3.05) is 13.7 Å². The van der Waals surface area contributed by atoms with Gasteiger partial charge in [-0.1, -0.05) is 65.7 Å². The van der Waals surface area contributed by atoms with Crippen molar-refractivity contribution in [3.05, 3.63) is 99.5 Å². The highest BCUT2D eigenvalue weighted by atomic mass is 35.5. The summed E-state index contributed by atoms with van der Waals surface area (Å²) in [6.45, 7) is -0.182. The zero-order valence-corrected chi connectivity index (χ0v) is 17.7. The molecule has 1 atom stereocenters. The first-order chi connectivity index (χ1) is 14.5. The molecule has 0 bridgehead atoms. The average Bonchev–Trinajstić information content (AvgIpc) is 2.78. The summed E-state index contributed by atoms with van der Waals surface area (Å²) in [6, 6.07) is 21.2. The van der Waals surface area contributed by atoms with Gasteiger partial charge in [0.1, 0.15) is 5.75 Å². The van der Waals surface area contributed by atoms with Gasteiger partial charge in [0.2, 0.25) is 5.91 Å². The summed E-state index contributed by atoms with van der Waals surface area (Å²) in [4.78, 5) is 24.9. The van der Waals surface area contributed by atoms with Crippen molar-refractivity contribution in [2.24, 2.45) is 0 Å². The third kappa shape index (κ3) is 5.53. The van der Waals surface area contributed by atoms with Crippen molar-refractivity contribution in [1.82, 2.24) is 10.6 Å². The molecule has 7 heteroatoms. The second-order valence-corrected chi connectivity index (χ2v) is 7.31. The van der Waals surface area contributed by atoms with Gasteiger partial charge in [0.25, 0.3) is 5.91 Å². The van der Waals surface area contributed by atoms with Crippen molar-refractivity contribution in [3.63, 3.8) is 0 Å². The van der Waals surface area contributed by atoms with Gasteiger partial charge in [-0.3, -0.25) is 9.59 Å². The van der Waals surface area contributed by atoms with Crippen molar-refractivity contribution >= 4 is 35.0 Å². The number of rotatable bonds is 7. The van der Waals surface area contributed by atoms with E-state index >= 15 is 0 Å². The zero-order valence-electron chi connectivity index (χ0n) is 16.2. The predicted octanol–water partition coefficient (Wildman–Crippen LogP) is 4.64. The fourth-order valence-electron chi connectivity index (χ4n) is 2.91. The van der Waals surface area contributed by atoms with Crippen LogP contribution in [0.1, 0.15) is 27.5 Å². The highest BCUT2D eigenvalue weighted by Gasteiger charge is 2.18. The van der Waals surface area contributed by atoms with Crippen LogP contribution in [0.15, 0.2) is 72.8 Å². The topological polar surface area (TPSA) is 67.4 Å². The molecule has 30 heavy (non-hydrogen) atoms. The Bertz CT molecular complexity index is 1020. The number of nitrogens with one attached hydrogen (secondary N) is 2. The summed E-state index contributed by atoms with van der Waals surface area (Å²) in [5.74, 6) is -0.0108. The number of benzene rings is 3. The van der Waals surface area contributed by atoms with E-state index in [4.69, 9.17) is 27.9 Å². The molecule has 0 aliphatic rings. The maximum absolute atomic E-state index is 12.6. The van der Waals surface area contributed by atoms with Gasteiger partial charge in [-0.25, -0.2) is 0 Å². The molecule has 3 rings (SSSR count). The lowest BCUT2D eigenvalue weighted by atomic mass is 9.98. The van der Waals surface area contributed by atoms with Gasteiger partial charge in [-0.05, 0) is 41.5 Å². The normalized spacial score (nSPS) is 11.4. The standard InChI is InChI=1S/C23H20Cl2N2O3/c1-30-18-10-7-16(8-11-18)22(15-5-3-2-4-6-15)27-21(28)14-26-23(29)17-9-12-19(24)20(25)13-17/h2-13,22H,14H2,1H3,(H,26,29)(H,27,28). The Morgan fingerprint density at radius 3 is 2.20 bits per heavy atom. The second-order valence-electron chi connectivity index (χ2n) is 6.50. The van der Waals surface area contributed by atoms with E-state index in [1.54, 1.807) is 13.2 Å². The minimum absolute atomic E-state index is 0.182. The van der Waals surface area contributed by atoms with E-state index in [1.807, 2.05) is 54.6 Å². The lowest BCUT2D eigenvalue weighted by molar-refractivity contribution is -0.120. The minimum Gasteiger partial charge on any atom is -0.497 e. The zero-order chi connectivity index (χ0) is 21.5. The van der Waals surface area contributed by atoms with Crippen LogP contribution < -0.4 is 15.4 Å². The van der Waals surface area contributed by atoms with Gasteiger partial charge >= 0.3 is 0 Å². The molecule has 154 valence electrons. The molecule has 0 spiro atoms. The SMILES string of the molecule is COc1ccc(C(NC(=O)CNC(=O)c2ccc(Cl)c(Cl)c2)c2ccccc2)cc1. The van der Waals surface area contributed by atoms with Crippen LogP contribution in [0.5, 0.6) is 5.75 Å². The highest BCUT2D eigenvalue weighted by molar-refractivity contribution is 6.42. The van der Waals surface area contributed by atoms with Crippen LogP contribution in [0.3, 0.4) is 0 Å². The molecule has 2 amide bonds. The van der Waals surface area contributed by atoms with Gasteiger partial charge in [0, 0.05) is 5.56 Å². The number of hydrogen-bond donors (Lipinski definition) is 2. The lowest BCUT2D eigenvalue weighted by Crippen LogP contribution is -2.39. The van der Waals surface area contributed by atoms with Gasteiger partial charge in [-0.15, -0.1) is 0 Å². The molecule has 1 unspecified atom stereocenters. The molecule has 0 fully saturated rings. The molecule has 0 saturated heterocycles. The van der Waals surface area contributed by atoms with E-state index in [9.17, 15) is 9.59 Å². The number of methoxy groups -OCH3 is 1. The first-order valence-corrected chi connectivity index (χ1v) is 9.95. The summed E-state index contributed by atoms with van der Waals surface area (Å²) in [6.07, 6.45) is 0. The molecule has 3 aromatic carbocycles. The Hall–Kier alpha value is -3.02. The second kappa shape index (κ2) is 10.1. The van der Waals surface area contributed by atoms with Gasteiger partial charge < -0.3 is 15.4 Å². The molecular formula is C23H20Cl2N2O3. The van der Waals surface area contributed by atoms with Crippen LogP contribution in [0.2, 0.25) is 10.0 Å². The van der Waals surface area contributed by atoms with E-state index in [-0.39, 0.29) is 23.5 Å². The number of carbonyl (C=O) groups excluding carboxylic acids is 2. The van der Waals surface area contributed by atoms with E-state index < -0.39 is 5.91 Å². The van der Waals surface area contributed by atoms with Crippen molar-refractivity contribution < 1.29 is 14.3 Å². The van der Waals surface area contributed by atoms with Crippen LogP contribution in [0, 0.1) is 0 Å². The summed E-state index contributed by atoms with van der Waals surface area (Å²) >= 11 is 11.8. The molecule has 5 nitrogen and oxygen atoms in total. The van der Waals surface area contributed by atoms with Crippen LogP contribution in [-0.4, -0.2) is 25.5 Å². The summed E-state index contributed by atoms with van der Waals surface area (Å²) in [7, 11) is 1.60. The number of carbonyl (C=O) groups is 2. The van der Waals surface area contributed by atoms with Gasteiger partial charge in [0.15, 0.2) is 0 Å². The fraction of sp³-hybridized carbons (Fsp3) is 0.130. The summed E-state index contributed by atoms with van der Waals surface area (Å²) < 4.78 is 5.21. The molecule has 0 radical (unpaired) electrons. The molecular weight excluding hydrogens is 423 g/mol. The van der Waals surface area contributed by atoms with E-state index in [0.29, 0.717) is 10.6 Å². The molecule has 2 N–H and O–H groups in total. The number of ether oxygens (including phenoxy) is 1. The Labute approximate surface area is 185 Å². The largest absolute Gasteiger partial charge is 0.497 e. The monoisotopic (exact) mass is 442 g/mol. The number of amides is 2. The number of hydrogen-bond acceptors (Lipinski definition) is 3. The Kier molecular flexibility index (Phi) is 7.33. The van der Waals surface area contributed by atoms with Crippen molar-refractivity contribution in [3.8, 4) is 5.75 Å². The van der Waals surface area contributed by atoms with Gasteiger partial charge in [0.05, 0.1) is 29.7 Å². The quantitative estimate of drug-likeness (QED) is 0.559. The molecule has 0 aliphatic heterocycles. The lowest BCUT2D eigenvalue weighted by Gasteiger charge is -2.20. The van der Waals surface area contributed by atoms with Crippen molar-refractivity contribution in [1.29, 1.82) is 0 Å². The Morgan fingerprint density at radius 1 is 0.900 bits per heavy atom.